The Bertz CT molecular complexity index is 666. The first-order chi connectivity index (χ1) is 10.4. The van der Waals surface area contributed by atoms with Crippen molar-refractivity contribution in [2.45, 2.75) is 39.7 Å². The van der Waals surface area contributed by atoms with E-state index in [0.29, 0.717) is 0 Å². The Morgan fingerprint density at radius 1 is 1.27 bits per heavy atom. The lowest BCUT2D eigenvalue weighted by Gasteiger charge is -2.34. The number of amides is 1. The minimum absolute atomic E-state index is 0.120. The van der Waals surface area contributed by atoms with E-state index in [2.05, 4.69) is 25.5 Å². The standard InChI is InChI=1S/C15H22N6O/c1-15(2,3)14(22)17-11-6-8-20(9-7-11)13-5-4-12-18-16-10-21(12)19-13/h4-5,10-11H,6-9H2,1-3H3,(H,17,22). The van der Waals surface area contributed by atoms with Crippen LogP contribution in [0.25, 0.3) is 5.65 Å². The average Bonchev–Trinajstić information content (AvgIpc) is 2.94. The maximum absolute atomic E-state index is 12.0. The molecule has 0 spiro atoms. The van der Waals surface area contributed by atoms with E-state index in [-0.39, 0.29) is 17.4 Å². The van der Waals surface area contributed by atoms with Gasteiger partial charge in [-0.25, -0.2) is 0 Å². The molecule has 0 atom stereocenters. The number of hydrogen-bond acceptors (Lipinski definition) is 5. The Kier molecular flexibility index (Phi) is 3.72. The maximum Gasteiger partial charge on any atom is 0.225 e. The molecule has 1 aliphatic heterocycles. The van der Waals surface area contributed by atoms with Crippen molar-refractivity contribution < 1.29 is 4.79 Å². The molecule has 3 heterocycles. The van der Waals surface area contributed by atoms with Crippen LogP contribution in [0.3, 0.4) is 0 Å². The summed E-state index contributed by atoms with van der Waals surface area (Å²) in [6, 6.07) is 4.14. The monoisotopic (exact) mass is 302 g/mol. The van der Waals surface area contributed by atoms with Crippen molar-refractivity contribution in [2.75, 3.05) is 18.0 Å². The van der Waals surface area contributed by atoms with E-state index in [4.69, 9.17) is 0 Å². The van der Waals surface area contributed by atoms with Gasteiger partial charge in [-0.1, -0.05) is 20.8 Å². The Balaban J connectivity index is 1.60. The Hall–Kier alpha value is -2.18. The molecule has 1 aliphatic rings. The quantitative estimate of drug-likeness (QED) is 0.904. The van der Waals surface area contributed by atoms with Crippen LogP contribution < -0.4 is 10.2 Å². The van der Waals surface area contributed by atoms with Gasteiger partial charge in [0.15, 0.2) is 5.65 Å². The highest BCUT2D eigenvalue weighted by Crippen LogP contribution is 2.20. The number of anilines is 1. The highest BCUT2D eigenvalue weighted by atomic mass is 16.2. The number of piperidine rings is 1. The van der Waals surface area contributed by atoms with E-state index in [1.165, 1.54) is 0 Å². The van der Waals surface area contributed by atoms with Crippen LogP contribution in [-0.4, -0.2) is 44.8 Å². The number of nitrogens with zero attached hydrogens (tertiary/aromatic N) is 5. The van der Waals surface area contributed by atoms with E-state index in [0.717, 1.165) is 37.4 Å². The van der Waals surface area contributed by atoms with Crippen LogP contribution in [0.15, 0.2) is 18.5 Å². The SMILES string of the molecule is CC(C)(C)C(=O)NC1CCN(c2ccc3nncn3n2)CC1. The van der Waals surface area contributed by atoms with Gasteiger partial charge >= 0.3 is 0 Å². The molecule has 1 N–H and O–H groups in total. The summed E-state index contributed by atoms with van der Waals surface area (Å²) in [6.45, 7) is 7.59. The molecule has 1 saturated heterocycles. The molecular formula is C15H22N6O. The van der Waals surface area contributed by atoms with Crippen LogP contribution in [0.2, 0.25) is 0 Å². The molecule has 2 aromatic rings. The van der Waals surface area contributed by atoms with Gasteiger partial charge in [-0.05, 0) is 25.0 Å². The van der Waals surface area contributed by atoms with Crippen LogP contribution in [0.4, 0.5) is 5.82 Å². The molecule has 0 aromatic carbocycles. The number of fused-ring (bicyclic) bond motifs is 1. The molecule has 2 aromatic heterocycles. The van der Waals surface area contributed by atoms with Crippen LogP contribution in [-0.2, 0) is 4.79 Å². The highest BCUT2D eigenvalue weighted by Gasteiger charge is 2.26. The second kappa shape index (κ2) is 5.55. The Morgan fingerprint density at radius 3 is 2.68 bits per heavy atom. The first kappa shape index (κ1) is 14.7. The summed E-state index contributed by atoms with van der Waals surface area (Å²) < 4.78 is 1.68. The van der Waals surface area contributed by atoms with Gasteiger partial charge in [0, 0.05) is 24.5 Å². The molecule has 22 heavy (non-hydrogen) atoms. The smallest absolute Gasteiger partial charge is 0.225 e. The molecule has 0 saturated carbocycles. The third-order valence-electron chi connectivity index (χ3n) is 3.98. The van der Waals surface area contributed by atoms with E-state index in [9.17, 15) is 4.79 Å². The molecule has 1 fully saturated rings. The third-order valence-corrected chi connectivity index (χ3v) is 3.98. The molecule has 0 aliphatic carbocycles. The van der Waals surface area contributed by atoms with Crippen molar-refractivity contribution in [1.82, 2.24) is 25.1 Å². The van der Waals surface area contributed by atoms with Crippen LogP contribution in [0.5, 0.6) is 0 Å². The molecule has 3 rings (SSSR count). The lowest BCUT2D eigenvalue weighted by Crippen LogP contribution is -2.48. The molecule has 1 amide bonds. The number of nitrogens with one attached hydrogen (secondary N) is 1. The fourth-order valence-corrected chi connectivity index (χ4v) is 2.54. The second-order valence-electron chi connectivity index (χ2n) is 6.81. The zero-order valence-corrected chi connectivity index (χ0v) is 13.3. The Morgan fingerprint density at radius 2 is 2.00 bits per heavy atom. The van der Waals surface area contributed by atoms with Gasteiger partial charge < -0.3 is 10.2 Å². The zero-order valence-electron chi connectivity index (χ0n) is 13.3. The van der Waals surface area contributed by atoms with Gasteiger partial charge in [0.05, 0.1) is 0 Å². The van der Waals surface area contributed by atoms with Gasteiger partial charge in [-0.3, -0.25) is 4.79 Å². The third kappa shape index (κ3) is 3.03. The minimum atomic E-state index is -0.335. The molecule has 0 unspecified atom stereocenters. The molecule has 7 heteroatoms. The minimum Gasteiger partial charge on any atom is -0.355 e. The van der Waals surface area contributed by atoms with Crippen molar-refractivity contribution in [3.05, 3.63) is 18.5 Å². The summed E-state index contributed by atoms with van der Waals surface area (Å²) in [6.07, 6.45) is 3.47. The second-order valence-corrected chi connectivity index (χ2v) is 6.81. The maximum atomic E-state index is 12.0. The average molecular weight is 302 g/mol. The Labute approximate surface area is 129 Å². The number of rotatable bonds is 2. The van der Waals surface area contributed by atoms with Crippen LogP contribution >= 0.6 is 0 Å². The molecule has 0 bridgehead atoms. The van der Waals surface area contributed by atoms with Gasteiger partial charge in [0.25, 0.3) is 0 Å². The van der Waals surface area contributed by atoms with Gasteiger partial charge in [0.1, 0.15) is 12.1 Å². The summed E-state index contributed by atoms with van der Waals surface area (Å²) >= 11 is 0. The molecular weight excluding hydrogens is 280 g/mol. The van der Waals surface area contributed by atoms with Gasteiger partial charge in [-0.15, -0.1) is 15.3 Å². The zero-order chi connectivity index (χ0) is 15.7. The molecule has 0 radical (unpaired) electrons. The first-order valence-electron chi connectivity index (χ1n) is 7.66. The largest absolute Gasteiger partial charge is 0.355 e. The van der Waals surface area contributed by atoms with E-state index >= 15 is 0 Å². The van der Waals surface area contributed by atoms with E-state index < -0.39 is 0 Å². The van der Waals surface area contributed by atoms with Gasteiger partial charge in [0.2, 0.25) is 5.91 Å². The predicted octanol–water partition coefficient (Wildman–Crippen LogP) is 1.26. The van der Waals surface area contributed by atoms with Crippen molar-refractivity contribution in [3.63, 3.8) is 0 Å². The normalized spacial score (nSPS) is 17.0. The van der Waals surface area contributed by atoms with Crippen molar-refractivity contribution in [1.29, 1.82) is 0 Å². The number of aromatic nitrogens is 4. The van der Waals surface area contributed by atoms with Gasteiger partial charge in [-0.2, -0.15) is 4.52 Å². The topological polar surface area (TPSA) is 75.4 Å². The van der Waals surface area contributed by atoms with E-state index in [1.807, 2.05) is 32.9 Å². The summed E-state index contributed by atoms with van der Waals surface area (Å²) in [7, 11) is 0. The lowest BCUT2D eigenvalue weighted by atomic mass is 9.94. The fourth-order valence-electron chi connectivity index (χ4n) is 2.54. The van der Waals surface area contributed by atoms with Crippen LogP contribution in [0, 0.1) is 5.41 Å². The summed E-state index contributed by atoms with van der Waals surface area (Å²) in [4.78, 5) is 14.3. The van der Waals surface area contributed by atoms with Crippen LogP contribution in [0.1, 0.15) is 33.6 Å². The summed E-state index contributed by atoms with van der Waals surface area (Å²) in [5, 5.41) is 15.5. The lowest BCUT2D eigenvalue weighted by molar-refractivity contribution is -0.129. The predicted molar refractivity (Wildman–Crippen MR) is 83.6 cm³/mol. The molecule has 118 valence electrons. The summed E-state index contributed by atoms with van der Waals surface area (Å²) in [5.74, 6) is 1.04. The number of carbonyl (C=O) groups is 1. The highest BCUT2D eigenvalue weighted by molar-refractivity contribution is 5.81. The number of hydrogen-bond donors (Lipinski definition) is 1. The number of carbonyl (C=O) groups excluding carboxylic acids is 1. The first-order valence-corrected chi connectivity index (χ1v) is 7.66. The van der Waals surface area contributed by atoms with Crippen molar-refractivity contribution >= 4 is 17.4 Å². The summed E-state index contributed by atoms with van der Waals surface area (Å²) in [5.41, 5.74) is 0.411. The molecule has 7 nitrogen and oxygen atoms in total. The fraction of sp³-hybridized carbons (Fsp3) is 0.600. The van der Waals surface area contributed by atoms with Crippen molar-refractivity contribution in [2.24, 2.45) is 5.41 Å². The van der Waals surface area contributed by atoms with Crippen molar-refractivity contribution in [3.8, 4) is 0 Å². The van der Waals surface area contributed by atoms with E-state index in [1.54, 1.807) is 10.8 Å².